The van der Waals surface area contributed by atoms with E-state index < -0.39 is 0 Å². The lowest BCUT2D eigenvalue weighted by atomic mass is 10.3. The van der Waals surface area contributed by atoms with Gasteiger partial charge in [0.25, 0.3) is 0 Å². The lowest BCUT2D eigenvalue weighted by molar-refractivity contribution is 0.259. The first kappa shape index (κ1) is 14.7. The van der Waals surface area contributed by atoms with Gasteiger partial charge in [0.15, 0.2) is 5.13 Å². The molecule has 1 fully saturated rings. The van der Waals surface area contributed by atoms with Crippen molar-refractivity contribution in [3.05, 3.63) is 42.5 Å². The van der Waals surface area contributed by atoms with Crippen LogP contribution in [0.5, 0.6) is 0 Å². The highest BCUT2D eigenvalue weighted by Gasteiger charge is 2.19. The molecule has 1 saturated heterocycles. The first-order chi connectivity index (χ1) is 11.3. The van der Waals surface area contributed by atoms with E-state index in [0.717, 1.165) is 49.8 Å². The number of imidazole rings is 1. The van der Waals surface area contributed by atoms with Crippen LogP contribution >= 0.6 is 11.3 Å². The maximum absolute atomic E-state index is 4.77. The van der Waals surface area contributed by atoms with Crippen molar-refractivity contribution in [3.63, 3.8) is 0 Å². The normalized spacial score (nSPS) is 16.3. The maximum atomic E-state index is 4.77. The van der Waals surface area contributed by atoms with E-state index in [0.29, 0.717) is 0 Å². The van der Waals surface area contributed by atoms with Crippen LogP contribution in [0.25, 0.3) is 10.2 Å². The van der Waals surface area contributed by atoms with Gasteiger partial charge in [-0.05, 0) is 12.1 Å². The molecule has 0 radical (unpaired) electrons. The number of aryl methyl sites for hydroxylation is 1. The van der Waals surface area contributed by atoms with E-state index in [1.807, 2.05) is 12.4 Å². The molecule has 23 heavy (non-hydrogen) atoms. The van der Waals surface area contributed by atoms with Crippen LogP contribution in [-0.2, 0) is 13.5 Å². The highest BCUT2D eigenvalue weighted by molar-refractivity contribution is 7.22. The zero-order valence-corrected chi connectivity index (χ0v) is 14.2. The average Bonchev–Trinajstić information content (AvgIpc) is 3.19. The minimum Gasteiger partial charge on any atom is -0.345 e. The monoisotopic (exact) mass is 327 g/mol. The number of benzene rings is 1. The highest BCUT2D eigenvalue weighted by atomic mass is 32.1. The Morgan fingerprint density at radius 2 is 1.96 bits per heavy atom. The van der Waals surface area contributed by atoms with Crippen molar-refractivity contribution in [1.29, 1.82) is 0 Å². The summed E-state index contributed by atoms with van der Waals surface area (Å²) in [6.45, 7) is 5.39. The molecule has 0 bridgehead atoms. The van der Waals surface area contributed by atoms with E-state index in [4.69, 9.17) is 4.98 Å². The first-order valence-corrected chi connectivity index (χ1v) is 8.90. The van der Waals surface area contributed by atoms with Crippen molar-refractivity contribution in [2.75, 3.05) is 37.6 Å². The van der Waals surface area contributed by atoms with E-state index >= 15 is 0 Å². The molecule has 0 amide bonds. The summed E-state index contributed by atoms with van der Waals surface area (Å²) in [5.74, 6) is 1.17. The molecular weight excluding hydrogens is 306 g/mol. The molecular formula is C17H21N5S. The van der Waals surface area contributed by atoms with Crippen molar-refractivity contribution in [2.24, 2.45) is 7.05 Å². The Morgan fingerprint density at radius 3 is 2.70 bits per heavy atom. The fourth-order valence-corrected chi connectivity index (χ4v) is 4.07. The fourth-order valence-electron chi connectivity index (χ4n) is 3.05. The van der Waals surface area contributed by atoms with Crippen LogP contribution in [0, 0.1) is 0 Å². The number of nitrogens with zero attached hydrogens (tertiary/aromatic N) is 5. The summed E-state index contributed by atoms with van der Waals surface area (Å²) in [4.78, 5) is 14.1. The van der Waals surface area contributed by atoms with Crippen LogP contribution in [0.15, 0.2) is 36.7 Å². The molecule has 1 aliphatic rings. The number of hydrogen-bond acceptors (Lipinski definition) is 5. The number of fused-ring (bicyclic) bond motifs is 1. The van der Waals surface area contributed by atoms with Gasteiger partial charge in [0.05, 0.1) is 10.2 Å². The Kier molecular flexibility index (Phi) is 4.01. The number of anilines is 1. The number of para-hydroxylation sites is 1. The summed E-state index contributed by atoms with van der Waals surface area (Å²) in [6, 6.07) is 8.39. The Balaban J connectivity index is 1.34. The minimum absolute atomic E-state index is 1.02. The van der Waals surface area contributed by atoms with Gasteiger partial charge in [-0.25, -0.2) is 9.97 Å². The molecule has 4 rings (SSSR count). The van der Waals surface area contributed by atoms with Crippen molar-refractivity contribution in [2.45, 2.75) is 6.42 Å². The first-order valence-electron chi connectivity index (χ1n) is 8.09. The van der Waals surface area contributed by atoms with Crippen LogP contribution < -0.4 is 4.90 Å². The van der Waals surface area contributed by atoms with Crippen LogP contribution in [0.2, 0.25) is 0 Å². The molecule has 5 nitrogen and oxygen atoms in total. The summed E-state index contributed by atoms with van der Waals surface area (Å²) in [6.07, 6.45) is 4.91. The van der Waals surface area contributed by atoms with Gasteiger partial charge in [-0.1, -0.05) is 23.5 Å². The van der Waals surface area contributed by atoms with Gasteiger partial charge in [0, 0.05) is 58.6 Å². The number of rotatable bonds is 4. The van der Waals surface area contributed by atoms with Crippen LogP contribution in [0.3, 0.4) is 0 Å². The zero-order valence-electron chi connectivity index (χ0n) is 13.4. The van der Waals surface area contributed by atoms with Gasteiger partial charge in [-0.3, -0.25) is 4.90 Å². The molecule has 3 aromatic rings. The minimum atomic E-state index is 1.02. The number of hydrogen-bond donors (Lipinski definition) is 0. The molecule has 0 saturated carbocycles. The largest absolute Gasteiger partial charge is 0.345 e. The lowest BCUT2D eigenvalue weighted by Crippen LogP contribution is -2.47. The SMILES string of the molecule is Cn1ccnc1CCN1CCN(c2nc3ccccc3s2)CC1. The van der Waals surface area contributed by atoms with Crippen LogP contribution in [-0.4, -0.2) is 52.2 Å². The Morgan fingerprint density at radius 1 is 1.13 bits per heavy atom. The summed E-state index contributed by atoms with van der Waals surface area (Å²) in [7, 11) is 2.06. The summed E-state index contributed by atoms with van der Waals surface area (Å²) < 4.78 is 3.39. The maximum Gasteiger partial charge on any atom is 0.186 e. The Labute approximate surface area is 140 Å². The van der Waals surface area contributed by atoms with Crippen molar-refractivity contribution in [3.8, 4) is 0 Å². The van der Waals surface area contributed by atoms with Crippen molar-refractivity contribution in [1.82, 2.24) is 19.4 Å². The van der Waals surface area contributed by atoms with Crippen molar-refractivity contribution < 1.29 is 0 Å². The van der Waals surface area contributed by atoms with E-state index in [1.54, 1.807) is 11.3 Å². The Hall–Kier alpha value is -1.92. The Bertz CT molecular complexity index is 752. The average molecular weight is 327 g/mol. The van der Waals surface area contributed by atoms with E-state index in [1.165, 1.54) is 10.5 Å². The van der Waals surface area contributed by atoms with Crippen LogP contribution in [0.1, 0.15) is 5.82 Å². The number of thiazole rings is 1. The smallest absolute Gasteiger partial charge is 0.186 e. The second-order valence-electron chi connectivity index (χ2n) is 6.00. The summed E-state index contributed by atoms with van der Waals surface area (Å²) in [5, 5.41) is 1.16. The predicted molar refractivity (Wildman–Crippen MR) is 95.2 cm³/mol. The third-order valence-electron chi connectivity index (χ3n) is 4.50. The topological polar surface area (TPSA) is 37.2 Å². The third-order valence-corrected chi connectivity index (χ3v) is 5.60. The second kappa shape index (κ2) is 6.29. The lowest BCUT2D eigenvalue weighted by Gasteiger charge is -2.34. The molecule has 6 heteroatoms. The van der Waals surface area contributed by atoms with Gasteiger partial charge in [0.1, 0.15) is 5.82 Å². The molecule has 1 aromatic carbocycles. The van der Waals surface area contributed by atoms with Gasteiger partial charge in [-0.2, -0.15) is 0 Å². The molecule has 2 aromatic heterocycles. The van der Waals surface area contributed by atoms with Gasteiger partial charge >= 0.3 is 0 Å². The predicted octanol–water partition coefficient (Wildman–Crippen LogP) is 2.39. The molecule has 0 spiro atoms. The van der Waals surface area contributed by atoms with Crippen molar-refractivity contribution >= 4 is 26.7 Å². The summed E-state index contributed by atoms with van der Waals surface area (Å²) in [5.41, 5.74) is 1.12. The van der Waals surface area contributed by atoms with E-state index in [9.17, 15) is 0 Å². The molecule has 120 valence electrons. The summed E-state index contributed by atoms with van der Waals surface area (Å²) >= 11 is 1.80. The molecule has 3 heterocycles. The molecule has 0 unspecified atom stereocenters. The second-order valence-corrected chi connectivity index (χ2v) is 7.01. The van der Waals surface area contributed by atoms with E-state index in [-0.39, 0.29) is 0 Å². The molecule has 0 N–H and O–H groups in total. The number of aromatic nitrogens is 3. The van der Waals surface area contributed by atoms with E-state index in [2.05, 4.69) is 50.7 Å². The molecule has 0 aliphatic carbocycles. The molecule has 1 aliphatic heterocycles. The fraction of sp³-hybridized carbons (Fsp3) is 0.412. The molecule has 0 atom stereocenters. The number of piperazine rings is 1. The highest BCUT2D eigenvalue weighted by Crippen LogP contribution is 2.29. The van der Waals surface area contributed by atoms with Gasteiger partial charge < -0.3 is 9.47 Å². The van der Waals surface area contributed by atoms with Gasteiger partial charge in [0.2, 0.25) is 0 Å². The van der Waals surface area contributed by atoms with Crippen LogP contribution in [0.4, 0.5) is 5.13 Å². The van der Waals surface area contributed by atoms with Gasteiger partial charge in [-0.15, -0.1) is 0 Å². The third kappa shape index (κ3) is 3.09. The zero-order chi connectivity index (χ0) is 15.6. The standard InChI is InChI=1S/C17H21N5S/c1-20-9-7-18-16(20)6-8-21-10-12-22(13-11-21)17-19-14-4-2-3-5-15(14)23-17/h2-5,7,9H,6,8,10-13H2,1H3. The quantitative estimate of drug-likeness (QED) is 0.737.